The maximum atomic E-state index is 11.8. The van der Waals surface area contributed by atoms with Crippen molar-refractivity contribution in [2.75, 3.05) is 12.3 Å². The van der Waals surface area contributed by atoms with Crippen molar-refractivity contribution >= 4 is 29.3 Å². The van der Waals surface area contributed by atoms with Crippen LogP contribution in [-0.2, 0) is 4.79 Å². The van der Waals surface area contributed by atoms with Gasteiger partial charge >= 0.3 is 0 Å². The SMILES string of the molecule is CCNC(=O)CSc1nnc(-c2ccncc2)n1-c1ccc(Cl)cc1. The third-order valence-electron chi connectivity index (χ3n) is 3.36. The second-order valence-corrected chi connectivity index (χ2v) is 6.48. The number of nitrogens with one attached hydrogen (secondary N) is 1. The number of rotatable bonds is 6. The number of amides is 1. The quantitative estimate of drug-likeness (QED) is 0.671. The highest BCUT2D eigenvalue weighted by Gasteiger charge is 2.17. The number of halogens is 1. The third kappa shape index (κ3) is 4.18. The van der Waals surface area contributed by atoms with E-state index in [0.29, 0.717) is 22.5 Å². The monoisotopic (exact) mass is 373 g/mol. The summed E-state index contributed by atoms with van der Waals surface area (Å²) in [5.74, 6) is 0.919. The summed E-state index contributed by atoms with van der Waals surface area (Å²) in [6, 6.07) is 11.2. The van der Waals surface area contributed by atoms with E-state index in [1.807, 2.05) is 47.9 Å². The average molecular weight is 374 g/mol. The summed E-state index contributed by atoms with van der Waals surface area (Å²) in [4.78, 5) is 15.8. The standard InChI is InChI=1S/C17H16ClN5OS/c1-2-20-15(24)11-25-17-22-21-16(12-7-9-19-10-8-12)23(17)14-5-3-13(18)4-6-14/h3-10H,2,11H2,1H3,(H,20,24). The van der Waals surface area contributed by atoms with E-state index in [1.165, 1.54) is 11.8 Å². The minimum Gasteiger partial charge on any atom is -0.356 e. The zero-order valence-electron chi connectivity index (χ0n) is 13.5. The molecule has 8 heteroatoms. The molecule has 6 nitrogen and oxygen atoms in total. The number of carbonyl (C=O) groups is 1. The molecular formula is C17H16ClN5OS. The molecule has 0 aliphatic rings. The smallest absolute Gasteiger partial charge is 0.230 e. The van der Waals surface area contributed by atoms with Crippen molar-refractivity contribution in [3.8, 4) is 17.1 Å². The van der Waals surface area contributed by atoms with Crippen molar-refractivity contribution in [2.45, 2.75) is 12.1 Å². The van der Waals surface area contributed by atoms with Crippen LogP contribution in [0.2, 0.25) is 5.02 Å². The van der Waals surface area contributed by atoms with Crippen LogP contribution in [-0.4, -0.2) is 38.0 Å². The van der Waals surface area contributed by atoms with Gasteiger partial charge in [0.15, 0.2) is 11.0 Å². The van der Waals surface area contributed by atoms with Gasteiger partial charge in [-0.3, -0.25) is 14.3 Å². The Kier molecular flexibility index (Phi) is 5.67. The molecule has 1 aromatic carbocycles. The molecule has 0 unspecified atom stereocenters. The number of nitrogens with zero attached hydrogens (tertiary/aromatic N) is 4. The highest BCUT2D eigenvalue weighted by atomic mass is 35.5. The Labute approximate surface area is 154 Å². The Balaban J connectivity index is 1.99. The van der Waals surface area contributed by atoms with Gasteiger partial charge in [0.1, 0.15) is 0 Å². The first kappa shape index (κ1) is 17.4. The van der Waals surface area contributed by atoms with E-state index in [4.69, 9.17) is 11.6 Å². The molecule has 1 amide bonds. The molecule has 0 bridgehead atoms. The van der Waals surface area contributed by atoms with Gasteiger partial charge in [0.05, 0.1) is 5.75 Å². The first-order valence-electron chi connectivity index (χ1n) is 7.70. The number of pyridine rings is 1. The van der Waals surface area contributed by atoms with Crippen LogP contribution in [0.15, 0.2) is 53.9 Å². The Bertz CT molecular complexity index is 851. The van der Waals surface area contributed by atoms with Gasteiger partial charge in [-0.05, 0) is 43.3 Å². The van der Waals surface area contributed by atoms with Crippen LogP contribution < -0.4 is 5.32 Å². The normalized spacial score (nSPS) is 10.6. The van der Waals surface area contributed by atoms with Crippen molar-refractivity contribution in [1.29, 1.82) is 0 Å². The predicted octanol–water partition coefficient (Wildman–Crippen LogP) is 3.21. The van der Waals surface area contributed by atoms with Gasteiger partial charge in [-0.15, -0.1) is 10.2 Å². The molecule has 3 aromatic rings. The molecule has 0 fully saturated rings. The molecule has 0 aliphatic carbocycles. The summed E-state index contributed by atoms with van der Waals surface area (Å²) in [7, 11) is 0. The van der Waals surface area contributed by atoms with E-state index in [-0.39, 0.29) is 11.7 Å². The summed E-state index contributed by atoms with van der Waals surface area (Å²) in [5, 5.41) is 12.6. The van der Waals surface area contributed by atoms with Gasteiger partial charge in [0.2, 0.25) is 5.91 Å². The maximum Gasteiger partial charge on any atom is 0.230 e. The van der Waals surface area contributed by atoms with Crippen LogP contribution in [0.5, 0.6) is 0 Å². The average Bonchev–Trinajstić information content (AvgIpc) is 3.05. The molecule has 0 atom stereocenters. The minimum atomic E-state index is -0.0383. The molecule has 1 N–H and O–H groups in total. The van der Waals surface area contributed by atoms with Crippen LogP contribution in [0, 0.1) is 0 Å². The summed E-state index contributed by atoms with van der Waals surface area (Å²) in [6.07, 6.45) is 3.41. The lowest BCUT2D eigenvalue weighted by atomic mass is 10.2. The van der Waals surface area contributed by atoms with E-state index in [2.05, 4.69) is 20.5 Å². The van der Waals surface area contributed by atoms with E-state index in [1.54, 1.807) is 12.4 Å². The van der Waals surface area contributed by atoms with Crippen LogP contribution in [0.25, 0.3) is 17.1 Å². The van der Waals surface area contributed by atoms with Gasteiger partial charge in [-0.2, -0.15) is 0 Å². The number of hydrogen-bond acceptors (Lipinski definition) is 5. The molecule has 3 rings (SSSR count). The molecule has 0 radical (unpaired) electrons. The third-order valence-corrected chi connectivity index (χ3v) is 4.54. The number of thioether (sulfide) groups is 1. The fraction of sp³-hybridized carbons (Fsp3) is 0.176. The van der Waals surface area contributed by atoms with Gasteiger partial charge in [-0.1, -0.05) is 23.4 Å². The van der Waals surface area contributed by atoms with Crippen LogP contribution in [0.3, 0.4) is 0 Å². The van der Waals surface area contributed by atoms with Gasteiger partial charge < -0.3 is 5.32 Å². The molecule has 2 aromatic heterocycles. The Morgan fingerprint density at radius 3 is 2.56 bits per heavy atom. The molecule has 0 saturated carbocycles. The topological polar surface area (TPSA) is 72.7 Å². The number of hydrogen-bond donors (Lipinski definition) is 1. The Morgan fingerprint density at radius 2 is 1.88 bits per heavy atom. The van der Waals surface area contributed by atoms with E-state index >= 15 is 0 Å². The molecule has 25 heavy (non-hydrogen) atoms. The first-order valence-corrected chi connectivity index (χ1v) is 9.06. The Morgan fingerprint density at radius 1 is 1.16 bits per heavy atom. The van der Waals surface area contributed by atoms with Gasteiger partial charge in [0.25, 0.3) is 0 Å². The molecule has 0 saturated heterocycles. The zero-order chi connectivity index (χ0) is 17.6. The van der Waals surface area contributed by atoms with Crippen LogP contribution in [0.4, 0.5) is 0 Å². The lowest BCUT2D eigenvalue weighted by Crippen LogP contribution is -2.24. The fourth-order valence-electron chi connectivity index (χ4n) is 2.25. The van der Waals surface area contributed by atoms with Crippen molar-refractivity contribution in [2.24, 2.45) is 0 Å². The largest absolute Gasteiger partial charge is 0.356 e. The highest BCUT2D eigenvalue weighted by molar-refractivity contribution is 7.99. The van der Waals surface area contributed by atoms with Crippen LogP contribution >= 0.6 is 23.4 Å². The second-order valence-electron chi connectivity index (χ2n) is 5.10. The Hall–Kier alpha value is -2.38. The van der Waals surface area contributed by atoms with Crippen LogP contribution in [0.1, 0.15) is 6.92 Å². The number of benzene rings is 1. The zero-order valence-corrected chi connectivity index (χ0v) is 15.1. The maximum absolute atomic E-state index is 11.8. The predicted molar refractivity (Wildman–Crippen MR) is 99.0 cm³/mol. The summed E-state index contributed by atoms with van der Waals surface area (Å²) < 4.78 is 1.91. The molecule has 0 aliphatic heterocycles. The lowest BCUT2D eigenvalue weighted by molar-refractivity contribution is -0.118. The van der Waals surface area contributed by atoms with Crippen molar-refractivity contribution in [3.63, 3.8) is 0 Å². The lowest BCUT2D eigenvalue weighted by Gasteiger charge is -2.10. The molecule has 2 heterocycles. The fourth-order valence-corrected chi connectivity index (χ4v) is 3.16. The highest BCUT2D eigenvalue weighted by Crippen LogP contribution is 2.28. The molecule has 0 spiro atoms. The van der Waals surface area contributed by atoms with E-state index in [0.717, 1.165) is 11.3 Å². The summed E-state index contributed by atoms with van der Waals surface area (Å²) >= 11 is 7.34. The van der Waals surface area contributed by atoms with Crippen molar-refractivity contribution in [3.05, 3.63) is 53.8 Å². The summed E-state index contributed by atoms with van der Waals surface area (Å²) in [6.45, 7) is 2.49. The summed E-state index contributed by atoms with van der Waals surface area (Å²) in [5.41, 5.74) is 1.77. The van der Waals surface area contributed by atoms with E-state index < -0.39 is 0 Å². The molecular weight excluding hydrogens is 358 g/mol. The van der Waals surface area contributed by atoms with Gasteiger partial charge in [0, 0.05) is 35.2 Å². The first-order chi connectivity index (χ1) is 12.2. The van der Waals surface area contributed by atoms with Crippen molar-refractivity contribution in [1.82, 2.24) is 25.1 Å². The van der Waals surface area contributed by atoms with Gasteiger partial charge in [-0.25, -0.2) is 0 Å². The minimum absolute atomic E-state index is 0.0383. The second kappa shape index (κ2) is 8.13. The van der Waals surface area contributed by atoms with Crippen molar-refractivity contribution < 1.29 is 4.79 Å². The van der Waals surface area contributed by atoms with E-state index in [9.17, 15) is 4.79 Å². The molecule has 128 valence electrons. The number of carbonyl (C=O) groups excluding carboxylic acids is 1. The number of aromatic nitrogens is 4.